The zero-order valence-corrected chi connectivity index (χ0v) is 17.8. The van der Waals surface area contributed by atoms with E-state index in [1.54, 1.807) is 28.6 Å². The molecular formula is C22H26N2O5S. The molecule has 1 aliphatic heterocycles. The third-order valence-electron chi connectivity index (χ3n) is 5.58. The maximum Gasteiger partial charge on any atom is 0.243 e. The van der Waals surface area contributed by atoms with E-state index in [1.165, 1.54) is 6.92 Å². The quantitative estimate of drug-likeness (QED) is 0.729. The van der Waals surface area contributed by atoms with Crippen LogP contribution in [-0.4, -0.2) is 31.5 Å². The molecule has 2 aliphatic rings. The van der Waals surface area contributed by atoms with Gasteiger partial charge in [0.2, 0.25) is 22.7 Å². The Hall–Kier alpha value is -2.58. The zero-order chi connectivity index (χ0) is 21.1. The Labute approximate surface area is 177 Å². The largest absolute Gasteiger partial charge is 0.454 e. The second-order valence-corrected chi connectivity index (χ2v) is 9.62. The molecule has 1 amide bonds. The number of hydrogen-bond donors (Lipinski definition) is 1. The molecule has 1 heterocycles. The first-order valence-corrected chi connectivity index (χ1v) is 11.6. The summed E-state index contributed by atoms with van der Waals surface area (Å²) >= 11 is 0. The minimum Gasteiger partial charge on any atom is -0.454 e. The molecule has 1 N–H and O–H groups in total. The molecule has 30 heavy (non-hydrogen) atoms. The fourth-order valence-electron chi connectivity index (χ4n) is 3.96. The number of carbonyl (C=O) groups is 1. The fraction of sp³-hybridized carbons (Fsp3) is 0.409. The molecule has 0 unspecified atom stereocenters. The van der Waals surface area contributed by atoms with Crippen molar-refractivity contribution in [1.82, 2.24) is 9.62 Å². The number of sulfonamides is 1. The summed E-state index contributed by atoms with van der Waals surface area (Å²) < 4.78 is 39.5. The molecule has 7 nitrogen and oxygen atoms in total. The molecular weight excluding hydrogens is 404 g/mol. The smallest absolute Gasteiger partial charge is 0.243 e. The number of ether oxygens (including phenoxy) is 2. The van der Waals surface area contributed by atoms with Gasteiger partial charge in [-0.1, -0.05) is 31.0 Å². The average Bonchev–Trinajstić information content (AvgIpc) is 3.42. The lowest BCUT2D eigenvalue weighted by atomic mass is 10.1. The van der Waals surface area contributed by atoms with Crippen LogP contribution >= 0.6 is 0 Å². The van der Waals surface area contributed by atoms with E-state index >= 15 is 0 Å². The van der Waals surface area contributed by atoms with Gasteiger partial charge in [0, 0.05) is 26.1 Å². The van der Waals surface area contributed by atoms with Crippen molar-refractivity contribution < 1.29 is 22.7 Å². The van der Waals surface area contributed by atoms with Crippen molar-refractivity contribution in [2.75, 3.05) is 6.79 Å². The highest BCUT2D eigenvalue weighted by atomic mass is 32.2. The molecule has 2 aromatic carbocycles. The molecule has 1 aliphatic carbocycles. The minimum absolute atomic E-state index is 0.0144. The van der Waals surface area contributed by atoms with Crippen molar-refractivity contribution in [1.29, 1.82) is 0 Å². The molecule has 0 spiro atoms. The van der Waals surface area contributed by atoms with E-state index in [0.29, 0.717) is 18.0 Å². The number of carbonyl (C=O) groups excluding carboxylic acids is 1. The molecule has 1 saturated carbocycles. The SMILES string of the molecule is CC(=O)NCc1ccc(S(=O)(=O)N(Cc2ccc3c(c2)OCO3)C2CCCC2)cc1. The van der Waals surface area contributed by atoms with Crippen LogP contribution in [0.15, 0.2) is 47.4 Å². The van der Waals surface area contributed by atoms with E-state index < -0.39 is 10.0 Å². The number of rotatable bonds is 7. The van der Waals surface area contributed by atoms with Crippen molar-refractivity contribution in [3.8, 4) is 11.5 Å². The molecule has 160 valence electrons. The number of fused-ring (bicyclic) bond motifs is 1. The lowest BCUT2D eigenvalue weighted by molar-refractivity contribution is -0.119. The molecule has 0 aromatic heterocycles. The van der Waals surface area contributed by atoms with Gasteiger partial charge in [0.25, 0.3) is 0 Å². The van der Waals surface area contributed by atoms with E-state index in [-0.39, 0.29) is 30.2 Å². The first-order valence-electron chi connectivity index (χ1n) is 10.2. The van der Waals surface area contributed by atoms with E-state index in [0.717, 1.165) is 36.8 Å². The molecule has 8 heteroatoms. The van der Waals surface area contributed by atoms with Crippen LogP contribution in [0.4, 0.5) is 0 Å². The second-order valence-electron chi connectivity index (χ2n) is 7.73. The summed E-state index contributed by atoms with van der Waals surface area (Å²) in [7, 11) is -3.67. The first-order chi connectivity index (χ1) is 14.4. The summed E-state index contributed by atoms with van der Waals surface area (Å²) in [6.07, 6.45) is 3.80. The number of hydrogen-bond acceptors (Lipinski definition) is 5. The summed E-state index contributed by atoms with van der Waals surface area (Å²) in [5.41, 5.74) is 1.73. The van der Waals surface area contributed by atoms with Crippen LogP contribution in [0.1, 0.15) is 43.7 Å². The molecule has 2 aromatic rings. The van der Waals surface area contributed by atoms with Gasteiger partial charge in [-0.3, -0.25) is 4.79 Å². The highest BCUT2D eigenvalue weighted by Crippen LogP contribution is 2.35. The lowest BCUT2D eigenvalue weighted by Gasteiger charge is -2.28. The zero-order valence-electron chi connectivity index (χ0n) is 17.0. The molecule has 1 fully saturated rings. The highest BCUT2D eigenvalue weighted by molar-refractivity contribution is 7.89. The topological polar surface area (TPSA) is 84.9 Å². The minimum atomic E-state index is -3.67. The summed E-state index contributed by atoms with van der Waals surface area (Å²) in [6, 6.07) is 12.3. The van der Waals surface area contributed by atoms with Crippen molar-refractivity contribution in [2.24, 2.45) is 0 Å². The van der Waals surface area contributed by atoms with Gasteiger partial charge in [0.05, 0.1) is 4.90 Å². The van der Waals surface area contributed by atoms with Crippen LogP contribution in [0.3, 0.4) is 0 Å². The maximum absolute atomic E-state index is 13.5. The van der Waals surface area contributed by atoms with Crippen molar-refractivity contribution in [3.05, 3.63) is 53.6 Å². The molecule has 0 bridgehead atoms. The molecule has 0 radical (unpaired) electrons. The van der Waals surface area contributed by atoms with Gasteiger partial charge in [-0.2, -0.15) is 4.31 Å². The Kier molecular flexibility index (Phi) is 5.97. The Bertz CT molecular complexity index is 1010. The van der Waals surface area contributed by atoms with Crippen molar-refractivity contribution in [3.63, 3.8) is 0 Å². The van der Waals surface area contributed by atoms with Gasteiger partial charge >= 0.3 is 0 Å². The van der Waals surface area contributed by atoms with Crippen LogP contribution in [0.5, 0.6) is 11.5 Å². The maximum atomic E-state index is 13.5. The molecule has 4 rings (SSSR count). The monoisotopic (exact) mass is 430 g/mol. The van der Waals surface area contributed by atoms with Crippen LogP contribution in [0.2, 0.25) is 0 Å². The predicted octanol–water partition coefficient (Wildman–Crippen LogP) is 3.18. The second kappa shape index (κ2) is 8.65. The van der Waals surface area contributed by atoms with Crippen LogP contribution in [0, 0.1) is 0 Å². The third kappa shape index (κ3) is 4.44. The normalized spacial score (nSPS) is 16.2. The van der Waals surface area contributed by atoms with Gasteiger partial charge in [-0.15, -0.1) is 0 Å². The van der Waals surface area contributed by atoms with E-state index in [1.807, 2.05) is 18.2 Å². The number of amides is 1. The van der Waals surface area contributed by atoms with Crippen molar-refractivity contribution >= 4 is 15.9 Å². The van der Waals surface area contributed by atoms with Gasteiger partial charge in [-0.25, -0.2) is 8.42 Å². The Morgan fingerprint density at radius 2 is 1.70 bits per heavy atom. The summed E-state index contributed by atoms with van der Waals surface area (Å²) in [6.45, 7) is 2.30. The Balaban J connectivity index is 1.58. The Morgan fingerprint density at radius 1 is 1.03 bits per heavy atom. The van der Waals surface area contributed by atoms with E-state index in [2.05, 4.69) is 5.32 Å². The summed E-state index contributed by atoms with van der Waals surface area (Å²) in [5, 5.41) is 2.72. The molecule has 0 atom stereocenters. The van der Waals surface area contributed by atoms with E-state index in [4.69, 9.17) is 9.47 Å². The average molecular weight is 431 g/mol. The van der Waals surface area contributed by atoms with Gasteiger partial charge in [-0.05, 0) is 48.2 Å². The van der Waals surface area contributed by atoms with Crippen LogP contribution in [0.25, 0.3) is 0 Å². The number of nitrogens with zero attached hydrogens (tertiary/aromatic N) is 1. The van der Waals surface area contributed by atoms with Crippen LogP contribution in [-0.2, 0) is 27.9 Å². The summed E-state index contributed by atoms with van der Waals surface area (Å²) in [5.74, 6) is 1.21. The first kappa shape index (κ1) is 20.7. The standard InChI is InChI=1S/C22H26N2O5S/c1-16(25)23-13-17-6-9-20(10-7-17)30(26,27)24(19-4-2-3-5-19)14-18-8-11-21-22(12-18)29-15-28-21/h6-12,19H,2-5,13-15H2,1H3,(H,23,25). The summed E-state index contributed by atoms with van der Waals surface area (Å²) in [4.78, 5) is 11.4. The molecule has 0 saturated heterocycles. The number of benzene rings is 2. The van der Waals surface area contributed by atoms with E-state index in [9.17, 15) is 13.2 Å². The van der Waals surface area contributed by atoms with Crippen LogP contribution < -0.4 is 14.8 Å². The van der Waals surface area contributed by atoms with Crippen molar-refractivity contribution in [2.45, 2.75) is 56.6 Å². The van der Waals surface area contributed by atoms with Gasteiger partial charge in [0.1, 0.15) is 0 Å². The Morgan fingerprint density at radius 3 is 2.40 bits per heavy atom. The number of nitrogens with one attached hydrogen (secondary N) is 1. The lowest BCUT2D eigenvalue weighted by Crippen LogP contribution is -2.38. The van der Waals surface area contributed by atoms with Gasteiger partial charge < -0.3 is 14.8 Å². The van der Waals surface area contributed by atoms with Gasteiger partial charge in [0.15, 0.2) is 11.5 Å². The third-order valence-corrected chi connectivity index (χ3v) is 7.49. The highest BCUT2D eigenvalue weighted by Gasteiger charge is 2.33. The predicted molar refractivity (Wildman–Crippen MR) is 112 cm³/mol. The fourth-order valence-corrected chi connectivity index (χ4v) is 5.64.